The number of aliphatic hydroxyl groups excluding tert-OH is 1. The molecule has 0 aliphatic rings. The summed E-state index contributed by atoms with van der Waals surface area (Å²) in [4.78, 5) is 0. The Morgan fingerprint density at radius 3 is 2.48 bits per heavy atom. The van der Waals surface area contributed by atoms with Crippen LogP contribution >= 0.6 is 27.5 Å². The van der Waals surface area contributed by atoms with E-state index in [9.17, 15) is 5.11 Å². The summed E-state index contributed by atoms with van der Waals surface area (Å²) in [5.74, 6) is 0. The normalized spacial score (nSPS) is 12.6. The average molecular weight is 372 g/mol. The number of benzene rings is 1. The molecule has 5 heteroatoms. The lowest BCUT2D eigenvalue weighted by molar-refractivity contribution is 0.172. The lowest BCUT2D eigenvalue weighted by Gasteiger charge is -2.12. The molecular formula is C16H20BrClN2O. The molecule has 3 nitrogen and oxygen atoms in total. The van der Waals surface area contributed by atoms with Crippen LogP contribution in [0.25, 0.3) is 0 Å². The molecule has 0 fully saturated rings. The summed E-state index contributed by atoms with van der Waals surface area (Å²) < 4.78 is 3.00. The molecule has 1 N–H and O–H groups in total. The second kappa shape index (κ2) is 7.43. The van der Waals surface area contributed by atoms with Gasteiger partial charge in [-0.15, -0.1) is 0 Å². The summed E-state index contributed by atoms with van der Waals surface area (Å²) in [6.07, 6.45) is 1.65. The molecule has 0 bridgehead atoms. The van der Waals surface area contributed by atoms with E-state index in [-0.39, 0.29) is 0 Å². The zero-order chi connectivity index (χ0) is 15.4. The molecule has 0 aliphatic carbocycles. The van der Waals surface area contributed by atoms with Crippen molar-refractivity contribution in [2.45, 2.75) is 45.8 Å². The van der Waals surface area contributed by atoms with Crippen molar-refractivity contribution < 1.29 is 5.11 Å². The average Bonchev–Trinajstić information content (AvgIpc) is 2.77. The van der Waals surface area contributed by atoms with Crippen LogP contribution in [0.15, 0.2) is 28.7 Å². The zero-order valence-corrected chi connectivity index (χ0v) is 14.7. The van der Waals surface area contributed by atoms with Crippen LogP contribution in [0, 0.1) is 0 Å². The fourth-order valence-corrected chi connectivity index (χ4v) is 3.25. The number of hydrogen-bond acceptors (Lipinski definition) is 2. The van der Waals surface area contributed by atoms with Gasteiger partial charge < -0.3 is 5.11 Å². The van der Waals surface area contributed by atoms with E-state index in [1.807, 2.05) is 28.9 Å². The highest BCUT2D eigenvalue weighted by atomic mass is 79.9. The summed E-state index contributed by atoms with van der Waals surface area (Å²) >= 11 is 9.49. The molecule has 2 aromatic rings. The lowest BCUT2D eigenvalue weighted by Crippen LogP contribution is -2.17. The monoisotopic (exact) mass is 370 g/mol. The van der Waals surface area contributed by atoms with Crippen molar-refractivity contribution in [3.05, 3.63) is 50.7 Å². The smallest absolute Gasteiger partial charge is 0.0766 e. The first-order chi connectivity index (χ1) is 10.0. The predicted octanol–water partition coefficient (Wildman–Crippen LogP) is 4.03. The first-order valence-corrected chi connectivity index (χ1v) is 8.38. The van der Waals surface area contributed by atoms with Crippen molar-refractivity contribution >= 4 is 27.5 Å². The first kappa shape index (κ1) is 16.5. The third kappa shape index (κ3) is 4.09. The molecule has 0 saturated heterocycles. The molecule has 0 spiro atoms. The first-order valence-electron chi connectivity index (χ1n) is 7.21. The van der Waals surface area contributed by atoms with E-state index in [1.54, 1.807) is 0 Å². The molecule has 0 amide bonds. The highest BCUT2D eigenvalue weighted by molar-refractivity contribution is 9.10. The van der Waals surface area contributed by atoms with Gasteiger partial charge in [0, 0.05) is 18.0 Å². The highest BCUT2D eigenvalue weighted by Crippen LogP contribution is 2.24. The van der Waals surface area contributed by atoms with Gasteiger partial charge in [0.05, 0.1) is 22.0 Å². The Labute approximate surface area is 139 Å². The van der Waals surface area contributed by atoms with Gasteiger partial charge in [0.15, 0.2) is 0 Å². The van der Waals surface area contributed by atoms with Gasteiger partial charge in [0.2, 0.25) is 0 Å². The van der Waals surface area contributed by atoms with Crippen molar-refractivity contribution in [2.75, 3.05) is 0 Å². The maximum atomic E-state index is 10.4. The van der Waals surface area contributed by atoms with Gasteiger partial charge >= 0.3 is 0 Å². The molecule has 1 atom stereocenters. The van der Waals surface area contributed by atoms with Gasteiger partial charge in [0.1, 0.15) is 0 Å². The fraction of sp³-hybridized carbons (Fsp3) is 0.438. The number of rotatable bonds is 6. The van der Waals surface area contributed by atoms with Gasteiger partial charge in [-0.3, -0.25) is 4.68 Å². The molecule has 1 aromatic heterocycles. The number of aliphatic hydroxyl groups is 1. The topological polar surface area (TPSA) is 38.0 Å². The standard InChI is InChI=1S/C16H20BrClN2O/c1-3-14-16(17)15(20(4-2)19-14)10-13(21)9-11-5-7-12(18)8-6-11/h5-8,13,21H,3-4,9-10H2,1-2H3. The van der Waals surface area contributed by atoms with Gasteiger partial charge in [-0.25, -0.2) is 0 Å². The summed E-state index contributed by atoms with van der Waals surface area (Å²) in [6, 6.07) is 7.61. The van der Waals surface area contributed by atoms with E-state index in [4.69, 9.17) is 11.6 Å². The van der Waals surface area contributed by atoms with Crippen LogP contribution in [-0.2, 0) is 25.8 Å². The second-order valence-corrected chi connectivity index (χ2v) is 6.29. The van der Waals surface area contributed by atoms with E-state index in [1.165, 1.54) is 0 Å². The number of halogens is 2. The Morgan fingerprint density at radius 1 is 1.24 bits per heavy atom. The molecule has 0 saturated carbocycles. The summed E-state index contributed by atoms with van der Waals surface area (Å²) in [5.41, 5.74) is 3.20. The lowest BCUT2D eigenvalue weighted by atomic mass is 10.0. The maximum Gasteiger partial charge on any atom is 0.0766 e. The van der Waals surface area contributed by atoms with E-state index >= 15 is 0 Å². The maximum absolute atomic E-state index is 10.4. The van der Waals surface area contributed by atoms with E-state index in [0.29, 0.717) is 17.9 Å². The van der Waals surface area contributed by atoms with Crippen molar-refractivity contribution in [1.82, 2.24) is 9.78 Å². The molecular weight excluding hydrogens is 352 g/mol. The van der Waals surface area contributed by atoms with Gasteiger partial charge in [0.25, 0.3) is 0 Å². The third-order valence-corrected chi connectivity index (χ3v) is 4.68. The minimum Gasteiger partial charge on any atom is -0.392 e. The van der Waals surface area contributed by atoms with E-state index < -0.39 is 6.10 Å². The number of aromatic nitrogens is 2. The number of aryl methyl sites for hydroxylation is 2. The Bertz CT molecular complexity index is 595. The van der Waals surface area contributed by atoms with Crippen molar-refractivity contribution in [3.63, 3.8) is 0 Å². The molecule has 1 heterocycles. The van der Waals surface area contributed by atoms with E-state index in [2.05, 4.69) is 34.9 Å². The quantitative estimate of drug-likeness (QED) is 0.832. The van der Waals surface area contributed by atoms with Crippen LogP contribution in [0.2, 0.25) is 5.02 Å². The summed E-state index contributed by atoms with van der Waals surface area (Å²) in [5, 5.41) is 15.6. The number of nitrogens with zero attached hydrogens (tertiary/aromatic N) is 2. The minimum absolute atomic E-state index is 0.436. The van der Waals surface area contributed by atoms with Crippen molar-refractivity contribution in [1.29, 1.82) is 0 Å². The van der Waals surface area contributed by atoms with Crippen LogP contribution < -0.4 is 0 Å². The SMILES string of the molecule is CCc1nn(CC)c(CC(O)Cc2ccc(Cl)cc2)c1Br. The van der Waals surface area contributed by atoms with E-state index in [0.717, 1.165) is 34.4 Å². The zero-order valence-electron chi connectivity index (χ0n) is 12.3. The highest BCUT2D eigenvalue weighted by Gasteiger charge is 2.17. The molecule has 2 rings (SSSR count). The molecule has 21 heavy (non-hydrogen) atoms. The Hall–Kier alpha value is -0.840. The molecule has 0 aliphatic heterocycles. The van der Waals surface area contributed by atoms with Crippen LogP contribution in [0.1, 0.15) is 30.8 Å². The number of hydrogen-bond donors (Lipinski definition) is 1. The largest absolute Gasteiger partial charge is 0.392 e. The molecule has 1 unspecified atom stereocenters. The van der Waals surface area contributed by atoms with Crippen molar-refractivity contribution in [2.24, 2.45) is 0 Å². The summed E-state index contributed by atoms with van der Waals surface area (Å²) in [6.45, 7) is 4.95. The Kier molecular flexibility index (Phi) is 5.85. The van der Waals surface area contributed by atoms with Gasteiger partial charge in [-0.05, 0) is 53.4 Å². The van der Waals surface area contributed by atoms with Crippen LogP contribution in [0.4, 0.5) is 0 Å². The van der Waals surface area contributed by atoms with Crippen LogP contribution in [-0.4, -0.2) is 21.0 Å². The molecule has 114 valence electrons. The summed E-state index contributed by atoms with van der Waals surface area (Å²) in [7, 11) is 0. The second-order valence-electron chi connectivity index (χ2n) is 5.07. The van der Waals surface area contributed by atoms with Crippen LogP contribution in [0.3, 0.4) is 0 Å². The predicted molar refractivity (Wildman–Crippen MR) is 89.8 cm³/mol. The van der Waals surface area contributed by atoms with Crippen LogP contribution in [0.5, 0.6) is 0 Å². The van der Waals surface area contributed by atoms with Crippen molar-refractivity contribution in [3.8, 4) is 0 Å². The minimum atomic E-state index is -0.436. The molecule has 1 aromatic carbocycles. The third-order valence-electron chi connectivity index (χ3n) is 3.51. The molecule has 0 radical (unpaired) electrons. The van der Waals surface area contributed by atoms with Gasteiger partial charge in [-0.1, -0.05) is 30.7 Å². The van der Waals surface area contributed by atoms with Gasteiger partial charge in [-0.2, -0.15) is 5.10 Å². The Morgan fingerprint density at radius 2 is 1.90 bits per heavy atom. The fourth-order valence-electron chi connectivity index (χ4n) is 2.40. The Balaban J connectivity index is 2.10.